The molecular formula is C14H28O4. The topological polar surface area (TPSA) is 66.8 Å². The first kappa shape index (κ1) is 17.4. The second-order valence-electron chi connectivity index (χ2n) is 6.35. The average molecular weight is 260 g/mol. The predicted octanol–water partition coefficient (Wildman–Crippen LogP) is 1.84. The summed E-state index contributed by atoms with van der Waals surface area (Å²) in [6, 6.07) is 0. The van der Waals surface area contributed by atoms with Gasteiger partial charge < -0.3 is 14.9 Å². The third-order valence-electron chi connectivity index (χ3n) is 3.47. The third-order valence-corrected chi connectivity index (χ3v) is 3.47. The van der Waals surface area contributed by atoms with E-state index in [9.17, 15) is 15.0 Å². The number of ether oxygens (including phenoxy) is 1. The Balaban J connectivity index is 4.90. The average Bonchev–Trinajstić information content (AvgIpc) is 2.27. The number of rotatable bonds is 6. The number of carbonyl (C=O) groups excluding carboxylic acids is 1. The largest absolute Gasteiger partial charge is 0.469 e. The Bertz CT molecular complexity index is 255. The van der Waals surface area contributed by atoms with Gasteiger partial charge in [0.2, 0.25) is 0 Å². The van der Waals surface area contributed by atoms with E-state index in [-0.39, 0.29) is 35.7 Å². The number of aliphatic hydroxyl groups is 2. The summed E-state index contributed by atoms with van der Waals surface area (Å²) in [7, 11) is 1.37. The summed E-state index contributed by atoms with van der Waals surface area (Å²) >= 11 is 0. The van der Waals surface area contributed by atoms with Crippen LogP contribution in [0.2, 0.25) is 0 Å². The van der Waals surface area contributed by atoms with Crippen LogP contribution in [-0.2, 0) is 9.53 Å². The highest BCUT2D eigenvalue weighted by molar-refractivity contribution is 5.73. The molecule has 0 aliphatic heterocycles. The minimum absolute atomic E-state index is 0.0559. The van der Waals surface area contributed by atoms with Gasteiger partial charge in [-0.1, -0.05) is 34.6 Å². The van der Waals surface area contributed by atoms with Crippen LogP contribution >= 0.6 is 0 Å². The molecule has 0 aliphatic rings. The quantitative estimate of drug-likeness (QED) is 0.715. The SMILES string of the molecule is COC(=O)[C@H](C[C@H](CO)[C@@H](O)C(C)C)C(C)(C)C. The molecule has 4 heteroatoms. The van der Waals surface area contributed by atoms with Gasteiger partial charge in [-0.3, -0.25) is 4.79 Å². The van der Waals surface area contributed by atoms with E-state index in [0.717, 1.165) is 0 Å². The van der Waals surface area contributed by atoms with Gasteiger partial charge >= 0.3 is 5.97 Å². The molecule has 0 aliphatic carbocycles. The lowest BCUT2D eigenvalue weighted by atomic mass is 9.74. The first-order chi connectivity index (χ1) is 8.15. The maximum Gasteiger partial charge on any atom is 0.309 e. The molecule has 0 unspecified atom stereocenters. The number of hydrogen-bond acceptors (Lipinski definition) is 4. The van der Waals surface area contributed by atoms with Crippen LogP contribution in [0.25, 0.3) is 0 Å². The normalized spacial score (nSPS) is 17.4. The Morgan fingerprint density at radius 1 is 1.28 bits per heavy atom. The molecule has 4 nitrogen and oxygen atoms in total. The van der Waals surface area contributed by atoms with Crippen molar-refractivity contribution in [2.45, 2.75) is 47.1 Å². The Morgan fingerprint density at radius 3 is 2.06 bits per heavy atom. The summed E-state index contributed by atoms with van der Waals surface area (Å²) in [6.45, 7) is 9.57. The van der Waals surface area contributed by atoms with Crippen LogP contribution in [0.3, 0.4) is 0 Å². The number of esters is 1. The molecule has 0 amide bonds. The second-order valence-corrected chi connectivity index (χ2v) is 6.35. The van der Waals surface area contributed by atoms with Gasteiger partial charge in [0.05, 0.1) is 19.1 Å². The molecule has 0 saturated carbocycles. The van der Waals surface area contributed by atoms with Gasteiger partial charge in [0, 0.05) is 12.5 Å². The third kappa shape index (κ3) is 4.94. The van der Waals surface area contributed by atoms with Crippen molar-refractivity contribution in [3.05, 3.63) is 0 Å². The highest BCUT2D eigenvalue weighted by atomic mass is 16.5. The first-order valence-electron chi connectivity index (χ1n) is 6.51. The monoisotopic (exact) mass is 260 g/mol. The maximum absolute atomic E-state index is 11.8. The Kier molecular flexibility index (Phi) is 6.86. The van der Waals surface area contributed by atoms with E-state index in [4.69, 9.17) is 4.74 Å². The lowest BCUT2D eigenvalue weighted by Crippen LogP contribution is -2.37. The highest BCUT2D eigenvalue weighted by Crippen LogP contribution is 2.34. The lowest BCUT2D eigenvalue weighted by molar-refractivity contribution is -0.151. The van der Waals surface area contributed by atoms with Crippen molar-refractivity contribution in [3.8, 4) is 0 Å². The summed E-state index contributed by atoms with van der Waals surface area (Å²) in [5.41, 5.74) is -0.253. The predicted molar refractivity (Wildman–Crippen MR) is 71.0 cm³/mol. The van der Waals surface area contributed by atoms with Crippen molar-refractivity contribution in [2.24, 2.45) is 23.2 Å². The van der Waals surface area contributed by atoms with Gasteiger partial charge in [0.15, 0.2) is 0 Å². The zero-order chi connectivity index (χ0) is 14.5. The lowest BCUT2D eigenvalue weighted by Gasteiger charge is -2.33. The Hall–Kier alpha value is -0.610. The van der Waals surface area contributed by atoms with Crippen molar-refractivity contribution in [1.29, 1.82) is 0 Å². The molecule has 18 heavy (non-hydrogen) atoms. The molecule has 2 N–H and O–H groups in total. The van der Waals surface area contributed by atoms with Gasteiger partial charge in [-0.15, -0.1) is 0 Å². The number of aliphatic hydroxyl groups excluding tert-OH is 2. The molecule has 0 radical (unpaired) electrons. The van der Waals surface area contributed by atoms with Crippen molar-refractivity contribution >= 4 is 5.97 Å². The highest BCUT2D eigenvalue weighted by Gasteiger charge is 2.36. The number of carbonyl (C=O) groups is 1. The van der Waals surface area contributed by atoms with Crippen LogP contribution in [0.5, 0.6) is 0 Å². The molecule has 0 bridgehead atoms. The second kappa shape index (κ2) is 7.10. The zero-order valence-electron chi connectivity index (χ0n) is 12.4. The fourth-order valence-electron chi connectivity index (χ4n) is 2.11. The molecule has 0 heterocycles. The number of methoxy groups -OCH3 is 1. The minimum Gasteiger partial charge on any atom is -0.469 e. The van der Waals surface area contributed by atoms with Crippen molar-refractivity contribution in [3.63, 3.8) is 0 Å². The molecule has 0 rings (SSSR count). The van der Waals surface area contributed by atoms with Crippen LogP contribution in [-0.4, -0.2) is 36.0 Å². The van der Waals surface area contributed by atoms with Gasteiger partial charge in [-0.05, 0) is 17.8 Å². The van der Waals surface area contributed by atoms with Crippen LogP contribution in [0.4, 0.5) is 0 Å². The minimum atomic E-state index is -0.607. The van der Waals surface area contributed by atoms with Crippen molar-refractivity contribution < 1.29 is 19.7 Å². The van der Waals surface area contributed by atoms with Gasteiger partial charge in [0.1, 0.15) is 0 Å². The summed E-state index contributed by atoms with van der Waals surface area (Å²) in [6.07, 6.45) is -0.170. The Morgan fingerprint density at radius 2 is 1.78 bits per heavy atom. The molecule has 3 atom stereocenters. The maximum atomic E-state index is 11.8. The molecule has 0 aromatic rings. The van der Waals surface area contributed by atoms with E-state index < -0.39 is 6.10 Å². The molecule has 0 saturated heterocycles. The fraction of sp³-hybridized carbons (Fsp3) is 0.929. The standard InChI is InChI=1S/C14H28O4/c1-9(2)12(16)10(8-15)7-11(13(17)18-6)14(3,4)5/h9-12,15-16H,7-8H2,1-6H3/t10-,11+,12+/m1/s1. The van der Waals surface area contributed by atoms with Gasteiger partial charge in [-0.25, -0.2) is 0 Å². The zero-order valence-corrected chi connectivity index (χ0v) is 12.4. The van der Waals surface area contributed by atoms with Gasteiger partial charge in [-0.2, -0.15) is 0 Å². The molecule has 0 spiro atoms. The number of hydrogen-bond donors (Lipinski definition) is 2. The van der Waals surface area contributed by atoms with Crippen LogP contribution in [0.15, 0.2) is 0 Å². The van der Waals surface area contributed by atoms with Crippen LogP contribution in [0.1, 0.15) is 41.0 Å². The van der Waals surface area contributed by atoms with Gasteiger partial charge in [0.25, 0.3) is 0 Å². The summed E-state index contributed by atoms with van der Waals surface area (Å²) in [5.74, 6) is -0.848. The van der Waals surface area contributed by atoms with Crippen LogP contribution < -0.4 is 0 Å². The smallest absolute Gasteiger partial charge is 0.309 e. The molecule has 0 aromatic carbocycles. The molecular weight excluding hydrogens is 232 g/mol. The summed E-state index contributed by atoms with van der Waals surface area (Å²) < 4.78 is 4.82. The first-order valence-corrected chi connectivity index (χ1v) is 6.51. The Labute approximate surface area is 110 Å². The van der Waals surface area contributed by atoms with E-state index in [0.29, 0.717) is 6.42 Å². The fourth-order valence-corrected chi connectivity index (χ4v) is 2.11. The van der Waals surface area contributed by atoms with E-state index in [1.165, 1.54) is 7.11 Å². The molecule has 0 fully saturated rings. The van der Waals surface area contributed by atoms with E-state index in [1.807, 2.05) is 34.6 Å². The summed E-state index contributed by atoms with van der Waals surface area (Å²) in [5, 5.41) is 19.4. The van der Waals surface area contributed by atoms with Crippen molar-refractivity contribution in [2.75, 3.05) is 13.7 Å². The van der Waals surface area contributed by atoms with E-state index in [2.05, 4.69) is 0 Å². The van der Waals surface area contributed by atoms with E-state index in [1.54, 1.807) is 0 Å². The van der Waals surface area contributed by atoms with Crippen LogP contribution in [0, 0.1) is 23.2 Å². The van der Waals surface area contributed by atoms with Crippen molar-refractivity contribution in [1.82, 2.24) is 0 Å². The molecule has 108 valence electrons. The summed E-state index contributed by atoms with van der Waals surface area (Å²) in [4.78, 5) is 11.8. The van der Waals surface area contributed by atoms with E-state index >= 15 is 0 Å². The molecule has 0 aromatic heterocycles.